The number of ether oxygens (including phenoxy) is 2. The molecule has 2 heterocycles. The molecule has 0 aromatic heterocycles. The first-order valence-electron chi connectivity index (χ1n) is 11.3. The van der Waals surface area contributed by atoms with Gasteiger partial charge in [-0.3, -0.25) is 4.79 Å². The Labute approximate surface area is 204 Å². The summed E-state index contributed by atoms with van der Waals surface area (Å²) in [5.41, 5.74) is 0.291. The third-order valence-corrected chi connectivity index (χ3v) is 7.10. The molecule has 0 saturated carbocycles. The number of nitrogens with zero attached hydrogens (tertiary/aromatic N) is 2. The molecule has 2 aliphatic rings. The Morgan fingerprint density at radius 2 is 1.79 bits per heavy atom. The third-order valence-electron chi connectivity index (χ3n) is 5.97. The van der Waals surface area contributed by atoms with Crippen LogP contribution in [-0.2, 0) is 29.7 Å². The Hall–Kier alpha value is -2.33. The highest BCUT2D eigenvalue weighted by Gasteiger charge is 2.45. The number of carbonyl (C=O) groups is 3. The maximum atomic E-state index is 13.5. The molecule has 2 fully saturated rings. The van der Waals surface area contributed by atoms with Gasteiger partial charge in [0.1, 0.15) is 12.2 Å². The van der Waals surface area contributed by atoms with E-state index in [-0.39, 0.29) is 12.5 Å². The van der Waals surface area contributed by atoms with E-state index in [2.05, 4.69) is 0 Å². The molecule has 2 saturated heterocycles. The van der Waals surface area contributed by atoms with Crippen molar-refractivity contribution in [1.29, 1.82) is 0 Å². The number of piperidine rings is 1. The number of benzene rings is 1. The second kappa shape index (κ2) is 10.5. The quantitative estimate of drug-likeness (QED) is 0.535. The van der Waals surface area contributed by atoms with E-state index >= 15 is 0 Å². The monoisotopic (exact) mass is 514 g/mol. The lowest BCUT2D eigenvalue weighted by atomic mass is 9.84. The van der Waals surface area contributed by atoms with Gasteiger partial charge in [0, 0.05) is 23.8 Å². The van der Waals surface area contributed by atoms with Gasteiger partial charge in [-0.2, -0.15) is 0 Å². The van der Waals surface area contributed by atoms with Crippen molar-refractivity contribution in [3.05, 3.63) is 35.9 Å². The zero-order valence-corrected chi connectivity index (χ0v) is 21.2. The molecule has 0 bridgehead atoms. The molecule has 34 heavy (non-hydrogen) atoms. The Morgan fingerprint density at radius 1 is 1.18 bits per heavy atom. The summed E-state index contributed by atoms with van der Waals surface area (Å²) >= 11 is 0. The molecule has 9 nitrogen and oxygen atoms in total. The smallest absolute Gasteiger partial charge is 0.416 e. The minimum Gasteiger partial charge on any atom is -0.447 e. The molecule has 2 atom stereocenters. The Balaban J connectivity index is 1.74. The van der Waals surface area contributed by atoms with Crippen molar-refractivity contribution in [3.63, 3.8) is 0 Å². The number of rotatable bonds is 6. The first-order chi connectivity index (χ1) is 15.8. The summed E-state index contributed by atoms with van der Waals surface area (Å²) in [5.74, 6) is -2.59. The number of carbonyl (C=O) groups excluding carboxylic acids is 3. The van der Waals surface area contributed by atoms with Crippen LogP contribution in [0.4, 0.5) is 9.59 Å². The lowest BCUT2D eigenvalue weighted by Gasteiger charge is -2.37. The Bertz CT molecular complexity index is 1000. The van der Waals surface area contributed by atoms with Crippen LogP contribution in [-0.4, -0.2) is 73.4 Å². The molecule has 2 unspecified atom stereocenters. The average Bonchev–Trinajstić information content (AvgIpc) is 3.10. The molecule has 0 spiro atoms. The van der Waals surface area contributed by atoms with Gasteiger partial charge in [-0.25, -0.2) is 22.9 Å². The van der Waals surface area contributed by atoms with E-state index < -0.39 is 50.5 Å². The standard InChI is InChI=1S/C23H31ClN2O7S/c1-23(2,3)33-21(28)25-11-9-17(10-12-25)19(15-34(24,30)31)20(27)26-18(14-32-22(26)29)13-16-7-5-4-6-8-16/h4-8,17-19H,9-15H2,1-3H3. The number of likely N-dealkylation sites (tertiary alicyclic amines) is 1. The molecule has 0 aliphatic carbocycles. The fourth-order valence-electron chi connectivity index (χ4n) is 4.38. The predicted octanol–water partition coefficient (Wildman–Crippen LogP) is 3.41. The van der Waals surface area contributed by atoms with Crippen molar-refractivity contribution in [2.24, 2.45) is 11.8 Å². The summed E-state index contributed by atoms with van der Waals surface area (Å²) in [6.45, 7) is 5.99. The number of hydrogen-bond donors (Lipinski definition) is 0. The molecule has 0 radical (unpaired) electrons. The molecule has 1 aromatic rings. The van der Waals surface area contributed by atoms with Crippen LogP contribution in [0.25, 0.3) is 0 Å². The lowest BCUT2D eigenvalue weighted by Crippen LogP contribution is -2.49. The largest absolute Gasteiger partial charge is 0.447 e. The number of halogens is 1. The number of amides is 3. The Kier molecular flexibility index (Phi) is 8.13. The maximum Gasteiger partial charge on any atom is 0.416 e. The Morgan fingerprint density at radius 3 is 2.35 bits per heavy atom. The fraction of sp³-hybridized carbons (Fsp3) is 0.609. The van der Waals surface area contributed by atoms with Gasteiger partial charge in [0.05, 0.1) is 17.7 Å². The zero-order chi connectivity index (χ0) is 25.1. The molecule has 0 N–H and O–H groups in total. The van der Waals surface area contributed by atoms with Gasteiger partial charge in [-0.05, 0) is 51.5 Å². The van der Waals surface area contributed by atoms with Crippen LogP contribution >= 0.6 is 10.7 Å². The van der Waals surface area contributed by atoms with E-state index in [0.29, 0.717) is 32.4 Å². The van der Waals surface area contributed by atoms with Gasteiger partial charge in [-0.15, -0.1) is 0 Å². The highest BCUT2D eigenvalue weighted by atomic mass is 35.7. The topological polar surface area (TPSA) is 110 Å². The van der Waals surface area contributed by atoms with Crippen LogP contribution in [0.15, 0.2) is 30.3 Å². The van der Waals surface area contributed by atoms with Gasteiger partial charge in [0.2, 0.25) is 15.0 Å². The minimum atomic E-state index is -4.03. The van der Waals surface area contributed by atoms with Crippen molar-refractivity contribution in [3.8, 4) is 0 Å². The number of imide groups is 1. The number of cyclic esters (lactones) is 1. The molecular weight excluding hydrogens is 484 g/mol. The van der Waals surface area contributed by atoms with Gasteiger partial charge < -0.3 is 14.4 Å². The van der Waals surface area contributed by atoms with E-state index in [0.717, 1.165) is 10.5 Å². The minimum absolute atomic E-state index is 0.0386. The maximum absolute atomic E-state index is 13.5. The van der Waals surface area contributed by atoms with Crippen molar-refractivity contribution in [1.82, 2.24) is 9.80 Å². The van der Waals surface area contributed by atoms with Crippen LogP contribution in [0.5, 0.6) is 0 Å². The predicted molar refractivity (Wildman–Crippen MR) is 126 cm³/mol. The average molecular weight is 515 g/mol. The summed E-state index contributed by atoms with van der Waals surface area (Å²) in [4.78, 5) is 41.0. The van der Waals surface area contributed by atoms with E-state index in [1.807, 2.05) is 30.3 Å². The fourth-order valence-corrected chi connectivity index (χ4v) is 5.63. The normalized spacial score (nSPS) is 20.7. The second-order valence-corrected chi connectivity index (χ2v) is 12.6. The third kappa shape index (κ3) is 7.09. The zero-order valence-electron chi connectivity index (χ0n) is 19.6. The summed E-state index contributed by atoms with van der Waals surface area (Å²) in [5, 5.41) is 0. The van der Waals surface area contributed by atoms with Gasteiger partial charge >= 0.3 is 12.2 Å². The van der Waals surface area contributed by atoms with E-state index in [1.165, 1.54) is 0 Å². The summed E-state index contributed by atoms with van der Waals surface area (Å²) in [6.07, 6.45) is -0.0721. The van der Waals surface area contributed by atoms with Crippen LogP contribution in [0.1, 0.15) is 39.2 Å². The molecule has 188 valence electrons. The first-order valence-corrected chi connectivity index (χ1v) is 13.8. The lowest BCUT2D eigenvalue weighted by molar-refractivity contribution is -0.135. The van der Waals surface area contributed by atoms with Gasteiger partial charge in [-0.1, -0.05) is 30.3 Å². The molecular formula is C23H31ClN2O7S. The number of hydrogen-bond acceptors (Lipinski definition) is 7. The molecule has 11 heteroatoms. The summed E-state index contributed by atoms with van der Waals surface area (Å²) < 4.78 is 34.5. The summed E-state index contributed by atoms with van der Waals surface area (Å²) in [6, 6.07) is 8.83. The van der Waals surface area contributed by atoms with Crippen LogP contribution in [0.3, 0.4) is 0 Å². The molecule has 3 amide bonds. The van der Waals surface area contributed by atoms with Gasteiger partial charge in [0.25, 0.3) is 0 Å². The highest BCUT2D eigenvalue weighted by molar-refractivity contribution is 8.13. The van der Waals surface area contributed by atoms with Crippen molar-refractivity contribution in [2.75, 3.05) is 25.4 Å². The van der Waals surface area contributed by atoms with Crippen molar-refractivity contribution < 1.29 is 32.3 Å². The van der Waals surface area contributed by atoms with Crippen LogP contribution < -0.4 is 0 Å². The van der Waals surface area contributed by atoms with Crippen molar-refractivity contribution >= 4 is 37.8 Å². The second-order valence-electron chi connectivity index (χ2n) is 9.75. The van der Waals surface area contributed by atoms with E-state index in [4.69, 9.17) is 20.2 Å². The van der Waals surface area contributed by atoms with Crippen LogP contribution in [0.2, 0.25) is 0 Å². The SMILES string of the molecule is CC(C)(C)OC(=O)N1CCC(C(CS(=O)(=O)Cl)C(=O)N2C(=O)OCC2Cc2ccccc2)CC1. The van der Waals surface area contributed by atoms with E-state index in [1.54, 1.807) is 25.7 Å². The molecule has 1 aromatic carbocycles. The van der Waals surface area contributed by atoms with Crippen LogP contribution in [0, 0.1) is 11.8 Å². The summed E-state index contributed by atoms with van der Waals surface area (Å²) in [7, 11) is 1.53. The first kappa shape index (κ1) is 26.3. The molecule has 3 rings (SSSR count). The molecule has 2 aliphatic heterocycles. The van der Waals surface area contributed by atoms with Crippen molar-refractivity contribution in [2.45, 2.75) is 51.7 Å². The van der Waals surface area contributed by atoms with E-state index in [9.17, 15) is 22.8 Å². The highest BCUT2D eigenvalue weighted by Crippen LogP contribution is 2.31. The van der Waals surface area contributed by atoms with Gasteiger partial charge in [0.15, 0.2) is 0 Å².